The zero-order chi connectivity index (χ0) is 12.5. The van der Waals surface area contributed by atoms with Crippen molar-refractivity contribution < 1.29 is 26.5 Å². The highest BCUT2D eigenvalue weighted by Gasteiger charge is 1.95. The van der Waals surface area contributed by atoms with Gasteiger partial charge in [0.2, 0.25) is 10.4 Å². The molecule has 15 heavy (non-hydrogen) atoms. The van der Waals surface area contributed by atoms with Crippen molar-refractivity contribution in [3.8, 4) is 0 Å². The lowest BCUT2D eigenvalue weighted by atomic mass is 10.7. The third kappa shape index (κ3) is 16.0. The first-order valence-electron chi connectivity index (χ1n) is 4.48. The topological polar surface area (TPSA) is 78.7 Å². The minimum Gasteiger partial charge on any atom is -0.726 e. The standard InChI is InChI=1S/C6H14NO.C2H6O4S/c1-5-8-6(2)7(3)4;1-2-6-7(3,4)5/h5H2,1-4H3;2H2,1H3,(H,3,4,5)/q+1;/p-1. The van der Waals surface area contributed by atoms with E-state index in [2.05, 4.69) is 4.18 Å². The highest BCUT2D eigenvalue weighted by Crippen LogP contribution is 1.80. The molecule has 0 saturated heterocycles. The third-order valence-corrected chi connectivity index (χ3v) is 1.77. The molecule has 92 valence electrons. The molecule has 0 saturated carbocycles. The van der Waals surface area contributed by atoms with E-state index in [1.165, 1.54) is 6.92 Å². The summed E-state index contributed by atoms with van der Waals surface area (Å²) in [5.41, 5.74) is 0. The Balaban J connectivity index is 0. The Morgan fingerprint density at radius 1 is 1.27 bits per heavy atom. The van der Waals surface area contributed by atoms with Crippen LogP contribution in [0.15, 0.2) is 0 Å². The summed E-state index contributed by atoms with van der Waals surface area (Å²) in [5.74, 6) is 0.965. The molecule has 0 unspecified atom stereocenters. The maximum atomic E-state index is 9.45. The van der Waals surface area contributed by atoms with Crippen LogP contribution in [-0.2, 0) is 19.3 Å². The van der Waals surface area contributed by atoms with Gasteiger partial charge in [-0.15, -0.1) is 0 Å². The Morgan fingerprint density at radius 2 is 1.73 bits per heavy atom. The molecular weight excluding hydrogens is 222 g/mol. The minimum absolute atomic E-state index is 0.0914. The Kier molecular flexibility index (Phi) is 9.64. The highest BCUT2D eigenvalue weighted by molar-refractivity contribution is 7.80. The van der Waals surface area contributed by atoms with E-state index in [9.17, 15) is 13.0 Å². The number of hydrogen-bond donors (Lipinski definition) is 0. The molecule has 0 aliphatic heterocycles. The lowest BCUT2D eigenvalue weighted by Gasteiger charge is -2.02. The minimum atomic E-state index is -4.42. The Morgan fingerprint density at radius 3 is 1.80 bits per heavy atom. The molecular formula is C8H19NO5S. The van der Waals surface area contributed by atoms with E-state index < -0.39 is 10.4 Å². The summed E-state index contributed by atoms with van der Waals surface area (Å²) in [6.45, 7) is 6.02. The average Bonchev–Trinajstić information content (AvgIpc) is 2.03. The van der Waals surface area contributed by atoms with Crippen LogP contribution in [0.5, 0.6) is 0 Å². The van der Waals surface area contributed by atoms with Crippen LogP contribution >= 0.6 is 0 Å². The maximum Gasteiger partial charge on any atom is 0.332 e. The molecule has 7 heteroatoms. The van der Waals surface area contributed by atoms with E-state index in [1.54, 1.807) is 0 Å². The summed E-state index contributed by atoms with van der Waals surface area (Å²) in [6, 6.07) is 0. The van der Waals surface area contributed by atoms with Gasteiger partial charge in [-0.2, -0.15) is 0 Å². The maximum absolute atomic E-state index is 9.45. The SMILES string of the molecule is CCOC(C)=[N+](C)C.CCOS(=O)(=O)[O-]. The van der Waals surface area contributed by atoms with Crippen molar-refractivity contribution in [3.63, 3.8) is 0 Å². The van der Waals surface area contributed by atoms with E-state index in [4.69, 9.17) is 4.74 Å². The summed E-state index contributed by atoms with van der Waals surface area (Å²) in [6.07, 6.45) is 0. The molecule has 0 amide bonds. The van der Waals surface area contributed by atoms with E-state index >= 15 is 0 Å². The van der Waals surface area contributed by atoms with Crippen LogP contribution in [0.3, 0.4) is 0 Å². The van der Waals surface area contributed by atoms with E-state index in [0.717, 1.165) is 12.5 Å². The number of ether oxygens (including phenoxy) is 1. The second-order valence-electron chi connectivity index (χ2n) is 2.66. The monoisotopic (exact) mass is 241 g/mol. The number of rotatable bonds is 3. The fourth-order valence-electron chi connectivity index (χ4n) is 0.482. The van der Waals surface area contributed by atoms with Crippen LogP contribution in [0.2, 0.25) is 0 Å². The number of hydrogen-bond acceptors (Lipinski definition) is 5. The molecule has 0 N–H and O–H groups in total. The average molecular weight is 241 g/mol. The van der Waals surface area contributed by atoms with Crippen molar-refractivity contribution in [3.05, 3.63) is 0 Å². The van der Waals surface area contributed by atoms with E-state index in [1.807, 2.05) is 32.5 Å². The molecule has 0 aromatic heterocycles. The van der Waals surface area contributed by atoms with Crippen LogP contribution in [0.1, 0.15) is 20.8 Å². The van der Waals surface area contributed by atoms with Crippen molar-refractivity contribution in [1.82, 2.24) is 0 Å². The van der Waals surface area contributed by atoms with E-state index in [0.29, 0.717) is 0 Å². The Bertz CT molecular complexity index is 279. The summed E-state index contributed by atoms with van der Waals surface area (Å²) in [7, 11) is -0.498. The van der Waals surface area contributed by atoms with Crippen LogP contribution in [-0.4, -0.2) is 50.8 Å². The smallest absolute Gasteiger partial charge is 0.332 e. The Hall–Kier alpha value is -0.660. The van der Waals surface area contributed by atoms with Gasteiger partial charge in [0.1, 0.15) is 14.1 Å². The van der Waals surface area contributed by atoms with Gasteiger partial charge >= 0.3 is 5.90 Å². The van der Waals surface area contributed by atoms with Crippen molar-refractivity contribution in [2.45, 2.75) is 20.8 Å². The Labute approximate surface area is 91.5 Å². The first-order chi connectivity index (χ1) is 6.74. The molecule has 0 bridgehead atoms. The molecule has 0 radical (unpaired) electrons. The quantitative estimate of drug-likeness (QED) is 0.232. The highest BCUT2D eigenvalue weighted by atomic mass is 32.3. The van der Waals surface area contributed by atoms with Gasteiger partial charge in [0.25, 0.3) is 0 Å². The fourth-order valence-corrected chi connectivity index (χ4v) is 0.771. The van der Waals surface area contributed by atoms with Crippen molar-refractivity contribution in [2.24, 2.45) is 0 Å². The van der Waals surface area contributed by atoms with Crippen LogP contribution < -0.4 is 0 Å². The zero-order valence-electron chi connectivity index (χ0n) is 9.81. The molecule has 0 heterocycles. The van der Waals surface area contributed by atoms with Gasteiger partial charge in [0.15, 0.2) is 0 Å². The normalized spacial score (nSPS) is 10.0. The lowest BCUT2D eigenvalue weighted by molar-refractivity contribution is -0.474. The largest absolute Gasteiger partial charge is 0.726 e. The lowest BCUT2D eigenvalue weighted by Crippen LogP contribution is -2.12. The van der Waals surface area contributed by atoms with Gasteiger partial charge in [-0.25, -0.2) is 13.0 Å². The fraction of sp³-hybridized carbons (Fsp3) is 0.875. The van der Waals surface area contributed by atoms with Crippen molar-refractivity contribution >= 4 is 16.3 Å². The third-order valence-electron chi connectivity index (χ3n) is 1.25. The number of nitrogens with zero attached hydrogens (tertiary/aromatic N) is 1. The molecule has 0 aliphatic rings. The van der Waals surface area contributed by atoms with Crippen molar-refractivity contribution in [1.29, 1.82) is 0 Å². The zero-order valence-corrected chi connectivity index (χ0v) is 10.6. The summed E-state index contributed by atoms with van der Waals surface area (Å²) in [4.78, 5) is 0. The first kappa shape index (κ1) is 16.8. The van der Waals surface area contributed by atoms with Gasteiger partial charge in [0, 0.05) is 0 Å². The molecule has 0 atom stereocenters. The van der Waals surface area contributed by atoms with Gasteiger partial charge in [-0.05, 0) is 13.8 Å². The van der Waals surface area contributed by atoms with Gasteiger partial charge < -0.3 is 9.29 Å². The predicted octanol–water partition coefficient (Wildman–Crippen LogP) is 0.197. The van der Waals surface area contributed by atoms with Gasteiger partial charge in [-0.1, -0.05) is 0 Å². The first-order valence-corrected chi connectivity index (χ1v) is 5.81. The molecule has 0 rings (SSSR count). The van der Waals surface area contributed by atoms with Gasteiger partial charge in [0.05, 0.1) is 20.1 Å². The molecule has 6 nitrogen and oxygen atoms in total. The molecule has 0 fully saturated rings. The summed E-state index contributed by atoms with van der Waals surface area (Å²) in [5, 5.41) is 0. The van der Waals surface area contributed by atoms with Crippen LogP contribution in [0.25, 0.3) is 0 Å². The summed E-state index contributed by atoms with van der Waals surface area (Å²) >= 11 is 0. The summed E-state index contributed by atoms with van der Waals surface area (Å²) < 4.78 is 39.1. The molecule has 0 aliphatic carbocycles. The second kappa shape index (κ2) is 8.63. The van der Waals surface area contributed by atoms with Crippen molar-refractivity contribution in [2.75, 3.05) is 27.3 Å². The van der Waals surface area contributed by atoms with Crippen LogP contribution in [0, 0.1) is 0 Å². The predicted molar refractivity (Wildman–Crippen MR) is 55.7 cm³/mol. The second-order valence-corrected chi connectivity index (χ2v) is 3.71. The molecule has 0 aromatic rings. The molecule has 0 aromatic carbocycles. The van der Waals surface area contributed by atoms with Crippen LogP contribution in [0.4, 0.5) is 0 Å². The van der Waals surface area contributed by atoms with Gasteiger partial charge in [-0.3, -0.25) is 4.18 Å². The molecule has 0 spiro atoms. The van der Waals surface area contributed by atoms with E-state index in [-0.39, 0.29) is 6.61 Å².